The fraction of sp³-hybridized carbons (Fsp3) is 0.455. The van der Waals surface area contributed by atoms with E-state index in [2.05, 4.69) is 11.6 Å². The van der Waals surface area contributed by atoms with Crippen molar-refractivity contribution in [1.29, 1.82) is 0 Å². The maximum Gasteiger partial charge on any atom is 0.351 e. The molecule has 0 radical (unpaired) electrons. The Balaban J connectivity index is 0.000000492. The molecule has 4 N–H and O–H groups in total. The van der Waals surface area contributed by atoms with E-state index in [-0.39, 0.29) is 24.8 Å². The highest BCUT2D eigenvalue weighted by Gasteiger charge is 2.26. The SMILES string of the molecule is C=CO.Nc1ccn(C2CCC(CO)O2)c(=O)n1. The highest BCUT2D eigenvalue weighted by atomic mass is 16.5. The first-order valence-electron chi connectivity index (χ1n) is 5.48. The number of hydrogen-bond donors (Lipinski definition) is 3. The molecule has 1 saturated heterocycles. The van der Waals surface area contributed by atoms with Crippen LogP contribution in [0.15, 0.2) is 29.9 Å². The van der Waals surface area contributed by atoms with Gasteiger partial charge in [-0.3, -0.25) is 4.57 Å². The Hall–Kier alpha value is -1.86. The summed E-state index contributed by atoms with van der Waals surface area (Å²) >= 11 is 0. The third-order valence-electron chi connectivity index (χ3n) is 2.45. The van der Waals surface area contributed by atoms with E-state index in [1.165, 1.54) is 4.57 Å². The fourth-order valence-corrected chi connectivity index (χ4v) is 1.67. The second-order valence-electron chi connectivity index (χ2n) is 3.70. The number of nitrogens with two attached hydrogens (primary N) is 1. The molecule has 0 aliphatic carbocycles. The van der Waals surface area contributed by atoms with Crippen molar-refractivity contribution < 1.29 is 14.9 Å². The Bertz CT molecular complexity index is 446. The molecule has 1 aromatic rings. The molecular formula is C11H17N3O4. The van der Waals surface area contributed by atoms with E-state index in [4.69, 9.17) is 20.7 Å². The Morgan fingerprint density at radius 3 is 2.83 bits per heavy atom. The summed E-state index contributed by atoms with van der Waals surface area (Å²) < 4.78 is 6.84. The van der Waals surface area contributed by atoms with Gasteiger partial charge in [0.15, 0.2) is 0 Å². The van der Waals surface area contributed by atoms with E-state index in [1.807, 2.05) is 0 Å². The van der Waals surface area contributed by atoms with Gasteiger partial charge in [-0.1, -0.05) is 6.58 Å². The fourth-order valence-electron chi connectivity index (χ4n) is 1.67. The van der Waals surface area contributed by atoms with Crippen LogP contribution in [-0.2, 0) is 4.74 Å². The molecule has 0 saturated carbocycles. The number of ether oxygens (including phenoxy) is 1. The van der Waals surface area contributed by atoms with Crippen molar-refractivity contribution >= 4 is 5.82 Å². The number of nitrogens with zero attached hydrogens (tertiary/aromatic N) is 2. The Morgan fingerprint density at radius 1 is 1.67 bits per heavy atom. The van der Waals surface area contributed by atoms with Gasteiger partial charge in [0.05, 0.1) is 19.0 Å². The number of aliphatic hydroxyl groups excluding tert-OH is 2. The summed E-state index contributed by atoms with van der Waals surface area (Å²) in [6, 6.07) is 1.55. The number of rotatable bonds is 2. The van der Waals surface area contributed by atoms with Gasteiger partial charge in [-0.15, -0.1) is 0 Å². The summed E-state index contributed by atoms with van der Waals surface area (Å²) in [4.78, 5) is 15.1. The quantitative estimate of drug-likeness (QED) is 0.650. The van der Waals surface area contributed by atoms with E-state index in [0.29, 0.717) is 6.42 Å². The van der Waals surface area contributed by atoms with Crippen LogP contribution in [0.25, 0.3) is 0 Å². The van der Waals surface area contributed by atoms with Crippen molar-refractivity contribution in [2.75, 3.05) is 12.3 Å². The van der Waals surface area contributed by atoms with E-state index < -0.39 is 5.69 Å². The Kier molecular flexibility index (Phi) is 5.34. The normalized spacial score (nSPS) is 22.1. The molecule has 2 atom stereocenters. The zero-order chi connectivity index (χ0) is 13.5. The first kappa shape index (κ1) is 14.2. The second kappa shape index (κ2) is 6.77. The minimum Gasteiger partial charge on any atom is -0.516 e. The van der Waals surface area contributed by atoms with Gasteiger partial charge in [-0.25, -0.2) is 4.79 Å². The van der Waals surface area contributed by atoms with Crippen LogP contribution in [0.4, 0.5) is 5.82 Å². The van der Waals surface area contributed by atoms with Gasteiger partial charge in [0.25, 0.3) is 0 Å². The summed E-state index contributed by atoms with van der Waals surface area (Å²) in [5.41, 5.74) is 4.96. The molecule has 2 heterocycles. The van der Waals surface area contributed by atoms with Crippen molar-refractivity contribution in [1.82, 2.24) is 9.55 Å². The lowest BCUT2D eigenvalue weighted by Gasteiger charge is -2.14. The highest BCUT2D eigenvalue weighted by molar-refractivity contribution is 5.23. The monoisotopic (exact) mass is 255 g/mol. The van der Waals surface area contributed by atoms with Crippen molar-refractivity contribution in [3.63, 3.8) is 0 Å². The molecule has 1 fully saturated rings. The van der Waals surface area contributed by atoms with E-state index in [1.54, 1.807) is 12.3 Å². The molecule has 100 valence electrons. The van der Waals surface area contributed by atoms with Crippen molar-refractivity contribution in [2.24, 2.45) is 0 Å². The first-order valence-corrected chi connectivity index (χ1v) is 5.48. The lowest BCUT2D eigenvalue weighted by molar-refractivity contribution is -0.0245. The van der Waals surface area contributed by atoms with Gasteiger partial charge in [0.1, 0.15) is 12.0 Å². The van der Waals surface area contributed by atoms with Gasteiger partial charge in [0, 0.05) is 6.20 Å². The average molecular weight is 255 g/mol. The van der Waals surface area contributed by atoms with E-state index >= 15 is 0 Å². The van der Waals surface area contributed by atoms with Crippen LogP contribution >= 0.6 is 0 Å². The molecule has 0 amide bonds. The molecule has 1 aromatic heterocycles. The molecule has 7 heteroatoms. The van der Waals surface area contributed by atoms with Gasteiger partial charge in [0.2, 0.25) is 0 Å². The number of aliphatic hydroxyl groups is 2. The molecule has 7 nitrogen and oxygen atoms in total. The van der Waals surface area contributed by atoms with Crippen molar-refractivity contribution in [3.05, 3.63) is 35.6 Å². The van der Waals surface area contributed by atoms with Crippen LogP contribution in [0.2, 0.25) is 0 Å². The van der Waals surface area contributed by atoms with Gasteiger partial charge in [-0.2, -0.15) is 4.98 Å². The lowest BCUT2D eigenvalue weighted by atomic mass is 10.2. The molecule has 0 aromatic carbocycles. The molecule has 2 rings (SSSR count). The van der Waals surface area contributed by atoms with E-state index in [0.717, 1.165) is 12.7 Å². The summed E-state index contributed by atoms with van der Waals surface area (Å²) in [5.74, 6) is 0.202. The molecule has 1 aliphatic heterocycles. The van der Waals surface area contributed by atoms with Gasteiger partial charge < -0.3 is 20.7 Å². The number of aromatic nitrogens is 2. The number of hydrogen-bond acceptors (Lipinski definition) is 6. The molecule has 0 bridgehead atoms. The van der Waals surface area contributed by atoms with Crippen LogP contribution in [0.5, 0.6) is 0 Å². The number of anilines is 1. The molecule has 2 unspecified atom stereocenters. The molecule has 18 heavy (non-hydrogen) atoms. The van der Waals surface area contributed by atoms with E-state index in [9.17, 15) is 4.79 Å². The third-order valence-corrected chi connectivity index (χ3v) is 2.45. The largest absolute Gasteiger partial charge is 0.516 e. The zero-order valence-corrected chi connectivity index (χ0v) is 9.90. The topological polar surface area (TPSA) is 111 Å². The smallest absolute Gasteiger partial charge is 0.351 e. The minimum atomic E-state index is -0.418. The Morgan fingerprint density at radius 2 is 2.33 bits per heavy atom. The molecule has 1 aliphatic rings. The summed E-state index contributed by atoms with van der Waals surface area (Å²) in [7, 11) is 0. The summed E-state index contributed by atoms with van der Waals surface area (Å²) in [5, 5.41) is 16.2. The van der Waals surface area contributed by atoms with Gasteiger partial charge in [-0.05, 0) is 18.9 Å². The number of nitrogen functional groups attached to an aromatic ring is 1. The van der Waals surface area contributed by atoms with Crippen molar-refractivity contribution in [3.8, 4) is 0 Å². The molecular weight excluding hydrogens is 238 g/mol. The Labute approximate surface area is 104 Å². The van der Waals surface area contributed by atoms with Crippen LogP contribution in [0.3, 0.4) is 0 Å². The van der Waals surface area contributed by atoms with Gasteiger partial charge >= 0.3 is 5.69 Å². The summed E-state index contributed by atoms with van der Waals surface area (Å²) in [6.45, 7) is 2.90. The lowest BCUT2D eigenvalue weighted by Crippen LogP contribution is -2.27. The second-order valence-corrected chi connectivity index (χ2v) is 3.70. The average Bonchev–Trinajstić information content (AvgIpc) is 2.78. The van der Waals surface area contributed by atoms with Crippen molar-refractivity contribution in [2.45, 2.75) is 25.2 Å². The molecule has 0 spiro atoms. The summed E-state index contributed by atoms with van der Waals surface area (Å²) in [6.07, 6.45) is 3.26. The van der Waals surface area contributed by atoms with Crippen LogP contribution in [0.1, 0.15) is 19.1 Å². The third kappa shape index (κ3) is 3.57. The highest BCUT2D eigenvalue weighted by Crippen LogP contribution is 2.26. The van der Waals surface area contributed by atoms with Crippen LogP contribution < -0.4 is 11.4 Å². The minimum absolute atomic E-state index is 0.0202. The maximum absolute atomic E-state index is 11.5. The van der Waals surface area contributed by atoms with Crippen LogP contribution in [-0.4, -0.2) is 32.5 Å². The first-order chi connectivity index (χ1) is 8.62. The predicted octanol–water partition coefficient (Wildman–Crippen LogP) is 0.183. The maximum atomic E-state index is 11.5. The predicted molar refractivity (Wildman–Crippen MR) is 66.0 cm³/mol. The standard InChI is InChI=1S/C9H13N3O3.C2H4O/c10-7-3-4-12(9(14)11-7)8-2-1-6(5-13)15-8;1-2-3/h3-4,6,8,13H,1-2,5H2,(H2,10,11,14);2-3H,1H2. The zero-order valence-electron chi connectivity index (χ0n) is 9.90. The van der Waals surface area contributed by atoms with Crippen LogP contribution in [0, 0.1) is 0 Å².